The Morgan fingerprint density at radius 1 is 0.704 bits per heavy atom. The molecule has 0 atom stereocenters. The minimum absolute atomic E-state index is 0.148. The van der Waals surface area contributed by atoms with E-state index in [9.17, 15) is 5.11 Å². The topological polar surface area (TPSA) is 20.2 Å². The zero-order valence-corrected chi connectivity index (χ0v) is 18.8. The zero-order chi connectivity index (χ0) is 20.7. The lowest BCUT2D eigenvalue weighted by Crippen LogP contribution is -2.22. The van der Waals surface area contributed by atoms with E-state index in [-0.39, 0.29) is 16.9 Å². The van der Waals surface area contributed by atoms with Crippen LogP contribution in [0.25, 0.3) is 11.1 Å². The summed E-state index contributed by atoms with van der Waals surface area (Å²) in [6.45, 7) is 17.3. The number of rotatable bonds is 4. The van der Waals surface area contributed by atoms with E-state index in [2.05, 4.69) is 104 Å². The van der Waals surface area contributed by atoms with Crippen molar-refractivity contribution >= 4 is 0 Å². The van der Waals surface area contributed by atoms with Crippen LogP contribution in [0.4, 0.5) is 0 Å². The molecule has 0 bridgehead atoms. The summed E-state index contributed by atoms with van der Waals surface area (Å²) in [6, 6.07) is 17.5. The first kappa shape index (κ1) is 23.4. The van der Waals surface area contributed by atoms with Gasteiger partial charge in [0.2, 0.25) is 0 Å². The molecule has 1 N–H and O–H groups in total. The zero-order valence-electron chi connectivity index (χ0n) is 18.8. The summed E-state index contributed by atoms with van der Waals surface area (Å²) in [6.07, 6.45) is 2.74. The summed E-state index contributed by atoms with van der Waals surface area (Å²) < 4.78 is 0. The van der Waals surface area contributed by atoms with Crippen LogP contribution < -0.4 is 0 Å². The quantitative estimate of drug-likeness (QED) is 0.594. The third-order valence-corrected chi connectivity index (χ3v) is 4.44. The normalized spacial score (nSPS) is 11.9. The van der Waals surface area contributed by atoms with Crippen molar-refractivity contribution < 1.29 is 5.11 Å². The van der Waals surface area contributed by atoms with Gasteiger partial charge in [-0.3, -0.25) is 0 Å². The molecule has 150 valence electrons. The fraction of sp³-hybridized carbons (Fsp3) is 0.538. The monoisotopic (exact) mass is 368 g/mol. The molecule has 1 heteroatoms. The van der Waals surface area contributed by atoms with Gasteiger partial charge in [-0.1, -0.05) is 103 Å². The van der Waals surface area contributed by atoms with E-state index >= 15 is 0 Å². The van der Waals surface area contributed by atoms with Crippen molar-refractivity contribution in [2.45, 2.75) is 80.8 Å². The molecule has 2 aromatic rings. The summed E-state index contributed by atoms with van der Waals surface area (Å²) in [5, 5.41) is 9.72. The van der Waals surface area contributed by atoms with Crippen molar-refractivity contribution in [1.29, 1.82) is 0 Å². The fourth-order valence-corrected chi connectivity index (χ4v) is 3.16. The van der Waals surface area contributed by atoms with Crippen molar-refractivity contribution in [1.82, 2.24) is 0 Å². The maximum Gasteiger partial charge on any atom is 0.0550 e. The Bertz CT molecular complexity index is 635. The van der Waals surface area contributed by atoms with Crippen LogP contribution in [0.5, 0.6) is 0 Å². The SMILES string of the molecule is CC(C)(C)CC(O)CC(C)(C)C.CCc1ccc(-c2ccc(C)cc2)cc1. The second-order valence-electron chi connectivity index (χ2n) is 10.1. The van der Waals surface area contributed by atoms with Crippen molar-refractivity contribution in [3.05, 3.63) is 59.7 Å². The molecule has 0 amide bonds. The van der Waals surface area contributed by atoms with Crippen molar-refractivity contribution in [3.63, 3.8) is 0 Å². The van der Waals surface area contributed by atoms with Crippen molar-refractivity contribution in [3.8, 4) is 11.1 Å². The molecule has 0 saturated heterocycles. The second kappa shape index (κ2) is 10.1. The van der Waals surface area contributed by atoms with Gasteiger partial charge in [0, 0.05) is 0 Å². The number of hydrogen-bond donors (Lipinski definition) is 1. The molecule has 0 aromatic heterocycles. The van der Waals surface area contributed by atoms with Gasteiger partial charge in [-0.05, 0) is 53.7 Å². The maximum absolute atomic E-state index is 9.72. The smallest absolute Gasteiger partial charge is 0.0550 e. The van der Waals surface area contributed by atoms with E-state index in [1.807, 2.05) is 0 Å². The van der Waals surface area contributed by atoms with Crippen LogP contribution in [0.2, 0.25) is 0 Å². The molecule has 0 heterocycles. The predicted molar refractivity (Wildman–Crippen MR) is 120 cm³/mol. The van der Waals surface area contributed by atoms with Crippen LogP contribution in [0.15, 0.2) is 48.5 Å². The number of aliphatic hydroxyl groups excluding tert-OH is 1. The first-order chi connectivity index (χ1) is 12.4. The van der Waals surface area contributed by atoms with E-state index in [1.165, 1.54) is 22.3 Å². The molecule has 0 fully saturated rings. The average molecular weight is 369 g/mol. The Kier molecular flexibility index (Phi) is 8.75. The van der Waals surface area contributed by atoms with Crippen molar-refractivity contribution in [2.75, 3.05) is 0 Å². The highest BCUT2D eigenvalue weighted by Crippen LogP contribution is 2.28. The molecular weight excluding hydrogens is 328 g/mol. The molecular formula is C26H40O. The molecule has 0 aliphatic rings. The molecule has 2 aromatic carbocycles. The number of aryl methyl sites for hydroxylation is 2. The highest BCUT2D eigenvalue weighted by Gasteiger charge is 2.21. The lowest BCUT2D eigenvalue weighted by molar-refractivity contribution is 0.0807. The summed E-state index contributed by atoms with van der Waals surface area (Å²) in [5.41, 5.74) is 5.78. The van der Waals surface area contributed by atoms with Crippen LogP contribution in [-0.2, 0) is 6.42 Å². The predicted octanol–water partition coefficient (Wildman–Crippen LogP) is 7.44. The molecule has 0 aliphatic carbocycles. The minimum Gasteiger partial charge on any atom is -0.393 e. The average Bonchev–Trinajstić information content (AvgIpc) is 2.53. The lowest BCUT2D eigenvalue weighted by Gasteiger charge is -2.27. The van der Waals surface area contributed by atoms with Gasteiger partial charge in [0.1, 0.15) is 0 Å². The summed E-state index contributed by atoms with van der Waals surface area (Å²) in [4.78, 5) is 0. The Balaban J connectivity index is 0.000000279. The van der Waals surface area contributed by atoms with Gasteiger partial charge in [-0.2, -0.15) is 0 Å². The van der Waals surface area contributed by atoms with E-state index in [1.54, 1.807) is 0 Å². The molecule has 27 heavy (non-hydrogen) atoms. The second-order valence-corrected chi connectivity index (χ2v) is 10.1. The van der Waals surface area contributed by atoms with Crippen LogP contribution in [-0.4, -0.2) is 11.2 Å². The highest BCUT2D eigenvalue weighted by molar-refractivity contribution is 5.63. The molecule has 0 spiro atoms. The lowest BCUT2D eigenvalue weighted by atomic mass is 9.82. The van der Waals surface area contributed by atoms with Gasteiger partial charge < -0.3 is 5.11 Å². The van der Waals surface area contributed by atoms with Gasteiger partial charge in [-0.15, -0.1) is 0 Å². The largest absolute Gasteiger partial charge is 0.393 e. The summed E-state index contributed by atoms with van der Waals surface area (Å²) >= 11 is 0. The van der Waals surface area contributed by atoms with Gasteiger partial charge in [0.15, 0.2) is 0 Å². The van der Waals surface area contributed by atoms with Gasteiger partial charge in [0.25, 0.3) is 0 Å². The molecule has 2 rings (SSSR count). The Morgan fingerprint density at radius 3 is 1.41 bits per heavy atom. The maximum atomic E-state index is 9.72. The Morgan fingerprint density at radius 2 is 1.07 bits per heavy atom. The van der Waals surface area contributed by atoms with Crippen LogP contribution in [0.3, 0.4) is 0 Å². The Hall–Kier alpha value is -1.60. The van der Waals surface area contributed by atoms with E-state index in [0.717, 1.165) is 19.3 Å². The van der Waals surface area contributed by atoms with Crippen LogP contribution >= 0.6 is 0 Å². The summed E-state index contributed by atoms with van der Waals surface area (Å²) in [7, 11) is 0. The molecule has 0 unspecified atom stereocenters. The molecule has 1 nitrogen and oxygen atoms in total. The standard InChI is InChI=1S/C15H16.C11H24O/c1-3-13-6-10-15(11-7-13)14-8-4-12(2)5-9-14;1-10(2,3)7-9(12)8-11(4,5)6/h4-11H,3H2,1-2H3;9,12H,7-8H2,1-6H3. The first-order valence-corrected chi connectivity index (χ1v) is 10.2. The van der Waals surface area contributed by atoms with Crippen LogP contribution in [0.1, 0.15) is 72.4 Å². The first-order valence-electron chi connectivity index (χ1n) is 10.2. The summed E-state index contributed by atoms with van der Waals surface area (Å²) in [5.74, 6) is 0. The van der Waals surface area contributed by atoms with Gasteiger partial charge in [-0.25, -0.2) is 0 Å². The molecule has 0 radical (unpaired) electrons. The fourth-order valence-electron chi connectivity index (χ4n) is 3.16. The Labute approximate surface area is 167 Å². The van der Waals surface area contributed by atoms with Gasteiger partial charge in [0.05, 0.1) is 6.10 Å². The molecule has 0 saturated carbocycles. The van der Waals surface area contributed by atoms with E-state index < -0.39 is 0 Å². The number of aliphatic hydroxyl groups is 1. The number of benzene rings is 2. The van der Waals surface area contributed by atoms with Gasteiger partial charge >= 0.3 is 0 Å². The third-order valence-electron chi connectivity index (χ3n) is 4.44. The minimum atomic E-state index is -0.148. The van der Waals surface area contributed by atoms with Crippen molar-refractivity contribution in [2.24, 2.45) is 10.8 Å². The van der Waals surface area contributed by atoms with Crippen LogP contribution in [0, 0.1) is 17.8 Å². The van der Waals surface area contributed by atoms with E-state index in [4.69, 9.17) is 0 Å². The van der Waals surface area contributed by atoms with E-state index in [0.29, 0.717) is 0 Å². The third kappa shape index (κ3) is 10.3. The molecule has 0 aliphatic heterocycles. The number of hydrogen-bond acceptors (Lipinski definition) is 1. The highest BCUT2D eigenvalue weighted by atomic mass is 16.3.